The molecule has 0 bridgehead atoms. The number of anilines is 1. The lowest BCUT2D eigenvalue weighted by Gasteiger charge is -2.34. The minimum Gasteiger partial charge on any atom is -0.381 e. The summed E-state index contributed by atoms with van der Waals surface area (Å²) in [5, 5.41) is 3.71. The Kier molecular flexibility index (Phi) is 4.13. The van der Waals surface area contributed by atoms with E-state index in [9.17, 15) is 0 Å². The summed E-state index contributed by atoms with van der Waals surface area (Å²) >= 11 is 3.68. The average Bonchev–Trinajstić information content (AvgIpc) is 2.28. The third kappa shape index (κ3) is 3.04. The first-order valence-corrected chi connectivity index (χ1v) is 7.39. The van der Waals surface area contributed by atoms with E-state index >= 15 is 0 Å². The first-order chi connectivity index (χ1) is 8.08. The lowest BCUT2D eigenvalue weighted by Crippen LogP contribution is -2.33. The van der Waals surface area contributed by atoms with Crippen molar-refractivity contribution in [3.8, 4) is 0 Å². The van der Waals surface area contributed by atoms with E-state index in [1.807, 2.05) is 0 Å². The van der Waals surface area contributed by atoms with Crippen LogP contribution in [0.5, 0.6) is 0 Å². The second-order valence-corrected chi connectivity index (χ2v) is 6.38. The molecule has 1 N–H and O–H groups in total. The van der Waals surface area contributed by atoms with Gasteiger partial charge in [0.25, 0.3) is 0 Å². The van der Waals surface area contributed by atoms with Crippen molar-refractivity contribution in [2.24, 2.45) is 11.8 Å². The summed E-state index contributed by atoms with van der Waals surface area (Å²) < 4.78 is 1.21. The topological polar surface area (TPSA) is 12.0 Å². The largest absolute Gasteiger partial charge is 0.381 e. The number of benzene rings is 1. The number of aryl methyl sites for hydroxylation is 1. The molecule has 0 aliphatic heterocycles. The van der Waals surface area contributed by atoms with Crippen LogP contribution in [0.1, 0.15) is 38.7 Å². The van der Waals surface area contributed by atoms with Crippen molar-refractivity contribution in [3.05, 3.63) is 28.2 Å². The number of rotatable bonds is 2. The maximum absolute atomic E-state index is 3.71. The van der Waals surface area contributed by atoms with Gasteiger partial charge in [0.05, 0.1) is 0 Å². The number of hydrogen-bond donors (Lipinski definition) is 1. The quantitative estimate of drug-likeness (QED) is 0.810. The van der Waals surface area contributed by atoms with Gasteiger partial charge in [0.2, 0.25) is 0 Å². The van der Waals surface area contributed by atoms with E-state index in [4.69, 9.17) is 0 Å². The van der Waals surface area contributed by atoms with Crippen LogP contribution in [0.25, 0.3) is 0 Å². The van der Waals surface area contributed by atoms with E-state index in [-0.39, 0.29) is 0 Å². The van der Waals surface area contributed by atoms with Crippen molar-refractivity contribution in [1.29, 1.82) is 0 Å². The monoisotopic (exact) mass is 295 g/mol. The Hall–Kier alpha value is -0.500. The normalized spacial score (nSPS) is 29.1. The molecule has 3 atom stereocenters. The minimum atomic E-state index is 0.629. The molecule has 0 heterocycles. The Bertz CT molecular complexity index is 389. The molecule has 1 saturated carbocycles. The van der Waals surface area contributed by atoms with E-state index in [0.29, 0.717) is 6.04 Å². The molecule has 0 radical (unpaired) electrons. The van der Waals surface area contributed by atoms with Crippen LogP contribution in [-0.4, -0.2) is 6.04 Å². The third-order valence-corrected chi connectivity index (χ3v) is 5.02. The highest BCUT2D eigenvalue weighted by molar-refractivity contribution is 9.10. The van der Waals surface area contributed by atoms with E-state index in [0.717, 1.165) is 11.8 Å². The Morgan fingerprint density at radius 1 is 1.24 bits per heavy atom. The molecule has 2 rings (SSSR count). The molecular formula is C15H22BrN. The molecule has 94 valence electrons. The van der Waals surface area contributed by atoms with Crippen molar-refractivity contribution >= 4 is 21.6 Å². The molecule has 0 spiro atoms. The zero-order chi connectivity index (χ0) is 12.4. The molecule has 1 aliphatic carbocycles. The van der Waals surface area contributed by atoms with Gasteiger partial charge in [0.1, 0.15) is 0 Å². The van der Waals surface area contributed by atoms with Gasteiger partial charge < -0.3 is 5.32 Å². The summed E-state index contributed by atoms with van der Waals surface area (Å²) in [6, 6.07) is 7.06. The second-order valence-electron chi connectivity index (χ2n) is 5.58. The van der Waals surface area contributed by atoms with Gasteiger partial charge in [-0.15, -0.1) is 0 Å². The fraction of sp³-hybridized carbons (Fsp3) is 0.600. The van der Waals surface area contributed by atoms with Crippen molar-refractivity contribution in [1.82, 2.24) is 0 Å². The van der Waals surface area contributed by atoms with Crippen molar-refractivity contribution in [2.45, 2.75) is 46.1 Å². The fourth-order valence-corrected chi connectivity index (χ4v) is 3.22. The van der Waals surface area contributed by atoms with E-state index in [2.05, 4.69) is 60.2 Å². The standard InChI is InChI=1S/C15H22BrN/c1-10-7-8-13(12(3)9-10)17-14-6-4-5-11(2)15(14)16/h4-6,10,12-13,17H,7-9H2,1-3H3. The van der Waals surface area contributed by atoms with Gasteiger partial charge in [0.15, 0.2) is 0 Å². The third-order valence-electron chi connectivity index (χ3n) is 3.96. The van der Waals surface area contributed by atoms with Crippen LogP contribution in [0, 0.1) is 18.8 Å². The van der Waals surface area contributed by atoms with E-state index in [1.165, 1.54) is 35.0 Å². The number of nitrogens with one attached hydrogen (secondary N) is 1. The van der Waals surface area contributed by atoms with Crippen LogP contribution >= 0.6 is 15.9 Å². The zero-order valence-electron chi connectivity index (χ0n) is 11.0. The van der Waals surface area contributed by atoms with E-state index in [1.54, 1.807) is 0 Å². The predicted molar refractivity (Wildman–Crippen MR) is 78.5 cm³/mol. The van der Waals surface area contributed by atoms with Crippen molar-refractivity contribution < 1.29 is 0 Å². The molecule has 0 saturated heterocycles. The average molecular weight is 296 g/mol. The first-order valence-electron chi connectivity index (χ1n) is 6.59. The summed E-state index contributed by atoms with van der Waals surface area (Å²) in [7, 11) is 0. The fourth-order valence-electron chi connectivity index (χ4n) is 2.84. The van der Waals surface area contributed by atoms with Gasteiger partial charge in [-0.1, -0.05) is 26.0 Å². The lowest BCUT2D eigenvalue weighted by atomic mass is 9.80. The second kappa shape index (κ2) is 5.43. The summed E-state index contributed by atoms with van der Waals surface area (Å²) in [5.41, 5.74) is 2.54. The SMILES string of the molecule is Cc1cccc(NC2CCC(C)CC2C)c1Br. The van der Waals surface area contributed by atoms with Gasteiger partial charge >= 0.3 is 0 Å². The summed E-state index contributed by atoms with van der Waals surface area (Å²) in [4.78, 5) is 0. The number of halogens is 1. The molecule has 3 unspecified atom stereocenters. The van der Waals surface area contributed by atoms with Crippen LogP contribution < -0.4 is 5.32 Å². The summed E-state index contributed by atoms with van der Waals surface area (Å²) in [6.45, 7) is 6.88. The van der Waals surface area contributed by atoms with Crippen molar-refractivity contribution in [3.63, 3.8) is 0 Å². The molecule has 0 amide bonds. The predicted octanol–water partition coefficient (Wildman–Crippen LogP) is 4.99. The van der Waals surface area contributed by atoms with Gasteiger partial charge in [-0.05, 0) is 65.6 Å². The highest BCUT2D eigenvalue weighted by atomic mass is 79.9. The Morgan fingerprint density at radius 2 is 2.00 bits per heavy atom. The maximum atomic E-state index is 3.71. The van der Waals surface area contributed by atoms with Crippen molar-refractivity contribution in [2.75, 3.05) is 5.32 Å². The zero-order valence-corrected chi connectivity index (χ0v) is 12.5. The Morgan fingerprint density at radius 3 is 2.71 bits per heavy atom. The lowest BCUT2D eigenvalue weighted by molar-refractivity contribution is 0.276. The molecule has 2 heteroatoms. The van der Waals surface area contributed by atoms with Gasteiger partial charge in [-0.25, -0.2) is 0 Å². The molecule has 17 heavy (non-hydrogen) atoms. The van der Waals surface area contributed by atoms with Gasteiger partial charge in [0, 0.05) is 16.2 Å². The molecular weight excluding hydrogens is 274 g/mol. The van der Waals surface area contributed by atoms with Crippen LogP contribution in [0.2, 0.25) is 0 Å². The highest BCUT2D eigenvalue weighted by Crippen LogP contribution is 2.33. The maximum Gasteiger partial charge on any atom is 0.0489 e. The molecule has 1 aliphatic rings. The molecule has 1 nitrogen and oxygen atoms in total. The van der Waals surface area contributed by atoms with Crippen LogP contribution in [0.3, 0.4) is 0 Å². The molecule has 1 aromatic rings. The van der Waals surface area contributed by atoms with Gasteiger partial charge in [-0.3, -0.25) is 0 Å². The summed E-state index contributed by atoms with van der Waals surface area (Å²) in [5.74, 6) is 1.66. The smallest absolute Gasteiger partial charge is 0.0489 e. The van der Waals surface area contributed by atoms with E-state index < -0.39 is 0 Å². The molecule has 1 fully saturated rings. The summed E-state index contributed by atoms with van der Waals surface area (Å²) in [6.07, 6.45) is 4.00. The molecule has 0 aromatic heterocycles. The van der Waals surface area contributed by atoms with Gasteiger partial charge in [-0.2, -0.15) is 0 Å². The Balaban J connectivity index is 2.08. The minimum absolute atomic E-state index is 0.629. The van der Waals surface area contributed by atoms with Crippen LogP contribution in [0.15, 0.2) is 22.7 Å². The Labute approximate surface area is 113 Å². The number of hydrogen-bond acceptors (Lipinski definition) is 1. The first kappa shape index (κ1) is 12.9. The molecule has 1 aromatic carbocycles. The van der Waals surface area contributed by atoms with Crippen LogP contribution in [-0.2, 0) is 0 Å². The van der Waals surface area contributed by atoms with Crippen LogP contribution in [0.4, 0.5) is 5.69 Å². The highest BCUT2D eigenvalue weighted by Gasteiger charge is 2.25.